The predicted molar refractivity (Wildman–Crippen MR) is 67.8 cm³/mol. The van der Waals surface area contributed by atoms with Crippen LogP contribution in [0.25, 0.3) is 22.2 Å². The van der Waals surface area contributed by atoms with Crippen molar-refractivity contribution < 1.29 is 0 Å². The Labute approximate surface area is 103 Å². The fourth-order valence-corrected chi connectivity index (χ4v) is 1.86. The van der Waals surface area contributed by atoms with Crippen molar-refractivity contribution in [2.24, 2.45) is 0 Å². The highest BCUT2D eigenvalue weighted by Gasteiger charge is 2.03. The average molecular weight is 242 g/mol. The zero-order chi connectivity index (χ0) is 11.7. The minimum Gasteiger partial charge on any atom is -0.213 e. The highest BCUT2D eigenvalue weighted by molar-refractivity contribution is 6.29. The fourth-order valence-electron chi connectivity index (χ4n) is 1.73. The summed E-state index contributed by atoms with van der Waals surface area (Å²) in [5, 5.41) is 10.5. The summed E-state index contributed by atoms with van der Waals surface area (Å²) < 4.78 is 0. The predicted octanol–water partition coefficient (Wildman–Crippen LogP) is 3.35. The van der Waals surface area contributed by atoms with Crippen molar-refractivity contribution in [1.82, 2.24) is 15.2 Å². The Morgan fingerprint density at radius 2 is 1.76 bits per heavy atom. The number of benzene rings is 2. The van der Waals surface area contributed by atoms with E-state index >= 15 is 0 Å². The van der Waals surface area contributed by atoms with E-state index < -0.39 is 0 Å². The van der Waals surface area contributed by atoms with E-state index in [1.807, 2.05) is 30.3 Å². The SMILES string of the molecule is Clc1cnnc(-c2ccc3ccccc3c2)n1. The lowest BCUT2D eigenvalue weighted by Crippen LogP contribution is -1.91. The van der Waals surface area contributed by atoms with Crippen LogP contribution >= 0.6 is 11.6 Å². The van der Waals surface area contributed by atoms with E-state index in [0.717, 1.165) is 10.9 Å². The van der Waals surface area contributed by atoms with Crippen molar-refractivity contribution in [1.29, 1.82) is 0 Å². The van der Waals surface area contributed by atoms with Crippen LogP contribution in [0.4, 0.5) is 0 Å². The second-order valence-corrected chi connectivity index (χ2v) is 4.05. The molecule has 0 aliphatic heterocycles. The second-order valence-electron chi connectivity index (χ2n) is 3.66. The highest BCUT2D eigenvalue weighted by atomic mass is 35.5. The molecule has 82 valence electrons. The van der Waals surface area contributed by atoms with Gasteiger partial charge < -0.3 is 0 Å². The minimum absolute atomic E-state index is 0.350. The molecule has 0 aliphatic rings. The summed E-state index contributed by atoms with van der Waals surface area (Å²) in [6.07, 6.45) is 1.42. The zero-order valence-electron chi connectivity index (χ0n) is 8.84. The van der Waals surface area contributed by atoms with Crippen molar-refractivity contribution in [2.45, 2.75) is 0 Å². The Morgan fingerprint density at radius 3 is 2.59 bits per heavy atom. The molecular formula is C13H8ClN3. The topological polar surface area (TPSA) is 38.7 Å². The molecule has 17 heavy (non-hydrogen) atoms. The van der Waals surface area contributed by atoms with Crippen LogP contribution in [0.5, 0.6) is 0 Å². The van der Waals surface area contributed by atoms with Gasteiger partial charge in [-0.25, -0.2) is 4.98 Å². The van der Waals surface area contributed by atoms with E-state index in [0.29, 0.717) is 11.0 Å². The summed E-state index contributed by atoms with van der Waals surface area (Å²) >= 11 is 5.80. The van der Waals surface area contributed by atoms with E-state index in [4.69, 9.17) is 11.6 Å². The second kappa shape index (κ2) is 4.11. The van der Waals surface area contributed by atoms with E-state index in [9.17, 15) is 0 Å². The third kappa shape index (κ3) is 1.97. The number of rotatable bonds is 1. The highest BCUT2D eigenvalue weighted by Crippen LogP contribution is 2.21. The van der Waals surface area contributed by atoms with Gasteiger partial charge in [0.2, 0.25) is 0 Å². The Morgan fingerprint density at radius 1 is 0.941 bits per heavy atom. The van der Waals surface area contributed by atoms with Gasteiger partial charge in [0, 0.05) is 5.56 Å². The molecule has 2 aromatic carbocycles. The van der Waals surface area contributed by atoms with Crippen LogP contribution in [0.3, 0.4) is 0 Å². The monoisotopic (exact) mass is 241 g/mol. The molecule has 0 saturated carbocycles. The van der Waals surface area contributed by atoms with Crippen LogP contribution < -0.4 is 0 Å². The molecule has 0 spiro atoms. The largest absolute Gasteiger partial charge is 0.213 e. The summed E-state index contributed by atoms with van der Waals surface area (Å²) in [7, 11) is 0. The molecule has 0 bridgehead atoms. The summed E-state index contributed by atoms with van der Waals surface area (Å²) in [5.74, 6) is 0.545. The molecule has 0 N–H and O–H groups in total. The van der Waals surface area contributed by atoms with Gasteiger partial charge in [-0.2, -0.15) is 5.10 Å². The molecule has 1 heterocycles. The van der Waals surface area contributed by atoms with Gasteiger partial charge in [0.15, 0.2) is 11.0 Å². The Hall–Kier alpha value is -2.00. The van der Waals surface area contributed by atoms with Gasteiger partial charge in [-0.1, -0.05) is 48.0 Å². The van der Waals surface area contributed by atoms with Gasteiger partial charge in [0.25, 0.3) is 0 Å². The number of hydrogen-bond donors (Lipinski definition) is 0. The normalized spacial score (nSPS) is 10.6. The average Bonchev–Trinajstić information content (AvgIpc) is 2.38. The number of hydrogen-bond acceptors (Lipinski definition) is 3. The molecule has 4 heteroatoms. The van der Waals surface area contributed by atoms with Crippen LogP contribution in [0, 0.1) is 0 Å². The first-order valence-electron chi connectivity index (χ1n) is 5.17. The molecule has 1 aromatic heterocycles. The van der Waals surface area contributed by atoms with E-state index in [1.165, 1.54) is 11.6 Å². The van der Waals surface area contributed by atoms with Crippen LogP contribution in [-0.2, 0) is 0 Å². The molecule has 3 nitrogen and oxygen atoms in total. The third-order valence-electron chi connectivity index (χ3n) is 2.54. The van der Waals surface area contributed by atoms with E-state index in [-0.39, 0.29) is 0 Å². The molecule has 0 fully saturated rings. The molecule has 0 radical (unpaired) electrons. The van der Waals surface area contributed by atoms with Gasteiger partial charge in [0.05, 0.1) is 6.20 Å². The molecule has 0 unspecified atom stereocenters. The molecule has 0 saturated heterocycles. The first-order valence-corrected chi connectivity index (χ1v) is 5.55. The number of nitrogens with zero attached hydrogens (tertiary/aromatic N) is 3. The lowest BCUT2D eigenvalue weighted by atomic mass is 10.1. The lowest BCUT2D eigenvalue weighted by Gasteiger charge is -2.01. The summed E-state index contributed by atoms with van der Waals surface area (Å²) in [4.78, 5) is 4.14. The molecule has 0 atom stereocenters. The molecule has 0 amide bonds. The lowest BCUT2D eigenvalue weighted by molar-refractivity contribution is 0.981. The smallest absolute Gasteiger partial charge is 0.183 e. The van der Waals surface area contributed by atoms with Crippen molar-refractivity contribution in [3.8, 4) is 11.4 Å². The van der Waals surface area contributed by atoms with Gasteiger partial charge in [-0.3, -0.25) is 0 Å². The van der Waals surface area contributed by atoms with Crippen molar-refractivity contribution in [3.05, 3.63) is 53.8 Å². The molecule has 0 aliphatic carbocycles. The first kappa shape index (κ1) is 10.2. The Kier molecular flexibility index (Phi) is 2.46. The van der Waals surface area contributed by atoms with Crippen LogP contribution in [0.1, 0.15) is 0 Å². The molecular weight excluding hydrogens is 234 g/mol. The Bertz CT molecular complexity index is 682. The van der Waals surface area contributed by atoms with Crippen LogP contribution in [0.2, 0.25) is 5.15 Å². The third-order valence-corrected chi connectivity index (χ3v) is 2.72. The maximum atomic E-state index is 5.80. The van der Waals surface area contributed by atoms with Gasteiger partial charge >= 0.3 is 0 Å². The summed E-state index contributed by atoms with van der Waals surface area (Å²) in [5.41, 5.74) is 0.915. The first-order chi connectivity index (χ1) is 8.33. The van der Waals surface area contributed by atoms with Gasteiger partial charge in [0.1, 0.15) is 0 Å². The molecule has 3 rings (SSSR count). The quantitative estimate of drug-likeness (QED) is 0.656. The van der Waals surface area contributed by atoms with E-state index in [1.54, 1.807) is 0 Å². The number of aromatic nitrogens is 3. The number of halogens is 1. The standard InChI is InChI=1S/C13H8ClN3/c14-12-8-15-17-13(16-12)11-6-5-9-3-1-2-4-10(9)7-11/h1-8H. The van der Waals surface area contributed by atoms with Crippen LogP contribution in [-0.4, -0.2) is 15.2 Å². The van der Waals surface area contributed by atoms with Crippen LogP contribution in [0.15, 0.2) is 48.7 Å². The number of fused-ring (bicyclic) bond motifs is 1. The van der Waals surface area contributed by atoms with Gasteiger partial charge in [-0.05, 0) is 16.8 Å². The summed E-state index contributed by atoms with van der Waals surface area (Å²) in [6, 6.07) is 14.2. The zero-order valence-corrected chi connectivity index (χ0v) is 9.59. The van der Waals surface area contributed by atoms with Crippen molar-refractivity contribution in [2.75, 3.05) is 0 Å². The van der Waals surface area contributed by atoms with Crippen molar-refractivity contribution >= 4 is 22.4 Å². The van der Waals surface area contributed by atoms with Gasteiger partial charge in [-0.15, -0.1) is 5.10 Å². The summed E-state index contributed by atoms with van der Waals surface area (Å²) in [6.45, 7) is 0. The van der Waals surface area contributed by atoms with Crippen molar-refractivity contribution in [3.63, 3.8) is 0 Å². The molecule has 3 aromatic rings. The fraction of sp³-hybridized carbons (Fsp3) is 0. The van der Waals surface area contributed by atoms with E-state index in [2.05, 4.69) is 27.3 Å². The maximum absolute atomic E-state index is 5.80. The minimum atomic E-state index is 0.350. The Balaban J connectivity index is 2.18. The maximum Gasteiger partial charge on any atom is 0.183 e.